The van der Waals surface area contributed by atoms with Gasteiger partial charge in [0.15, 0.2) is 0 Å². The lowest BCUT2D eigenvalue weighted by Gasteiger charge is -2.25. The van der Waals surface area contributed by atoms with Crippen LogP contribution in [0.4, 0.5) is 0 Å². The van der Waals surface area contributed by atoms with E-state index >= 15 is 0 Å². The molecule has 0 rings (SSSR count). The van der Waals surface area contributed by atoms with Crippen molar-refractivity contribution in [3.8, 4) is 0 Å². The van der Waals surface area contributed by atoms with E-state index in [1.54, 1.807) is 0 Å². The van der Waals surface area contributed by atoms with Gasteiger partial charge in [-0.1, -0.05) is 20.8 Å². The number of likely N-dealkylation sites (N-methyl/N-ethyl adjacent to an activating group) is 2. The predicted molar refractivity (Wildman–Crippen MR) is 57.7 cm³/mol. The first kappa shape index (κ1) is 14.4. The maximum absolute atomic E-state index is 2.28. The Hall–Kier alpha value is -0.0800. The van der Waals surface area contributed by atoms with Crippen molar-refractivity contribution in [2.75, 3.05) is 34.7 Å². The van der Waals surface area contributed by atoms with Crippen molar-refractivity contribution in [1.29, 1.82) is 0 Å². The molecule has 0 aromatic heterocycles. The van der Waals surface area contributed by atoms with E-state index in [2.05, 4.69) is 44.9 Å². The number of nitrogens with zero attached hydrogens (tertiary/aromatic N) is 2. The summed E-state index contributed by atoms with van der Waals surface area (Å²) in [7, 11) is 8.51. The summed E-state index contributed by atoms with van der Waals surface area (Å²) in [5, 5.41) is 0. The SMILES string of the molecule is CC.CCC(CN(C)C)N(C)C. The first-order valence-electron chi connectivity index (χ1n) is 4.89. The van der Waals surface area contributed by atoms with Crippen molar-refractivity contribution in [2.45, 2.75) is 33.2 Å². The molecule has 0 spiro atoms. The van der Waals surface area contributed by atoms with Crippen LogP contribution in [0.3, 0.4) is 0 Å². The first-order chi connectivity index (χ1) is 5.57. The molecule has 0 amide bonds. The highest BCUT2D eigenvalue weighted by Gasteiger charge is 2.08. The van der Waals surface area contributed by atoms with Gasteiger partial charge >= 0.3 is 0 Å². The van der Waals surface area contributed by atoms with Gasteiger partial charge in [-0.2, -0.15) is 0 Å². The highest BCUT2D eigenvalue weighted by atomic mass is 15.2. The molecule has 0 saturated heterocycles. The maximum Gasteiger partial charge on any atom is 0.0214 e. The van der Waals surface area contributed by atoms with E-state index in [9.17, 15) is 0 Å². The zero-order valence-electron chi connectivity index (χ0n) is 9.89. The normalized spacial score (nSPS) is 12.8. The number of hydrogen-bond acceptors (Lipinski definition) is 2. The van der Waals surface area contributed by atoms with E-state index in [-0.39, 0.29) is 0 Å². The van der Waals surface area contributed by atoms with Crippen molar-refractivity contribution in [3.05, 3.63) is 0 Å². The van der Waals surface area contributed by atoms with E-state index in [0.29, 0.717) is 6.04 Å². The minimum absolute atomic E-state index is 0.704. The van der Waals surface area contributed by atoms with Gasteiger partial charge in [0.25, 0.3) is 0 Å². The van der Waals surface area contributed by atoms with Crippen molar-refractivity contribution in [3.63, 3.8) is 0 Å². The summed E-state index contributed by atoms with van der Waals surface area (Å²) in [5.74, 6) is 0. The molecule has 0 aromatic rings. The molecule has 0 aliphatic heterocycles. The third kappa shape index (κ3) is 8.02. The second-order valence-corrected chi connectivity index (χ2v) is 3.29. The Bertz CT molecular complexity index is 79.9. The fourth-order valence-electron chi connectivity index (χ4n) is 1.08. The molecule has 0 heterocycles. The minimum Gasteiger partial charge on any atom is -0.308 e. The molecule has 0 aliphatic rings. The Morgan fingerprint density at radius 2 is 1.42 bits per heavy atom. The summed E-state index contributed by atoms with van der Waals surface area (Å²) in [5.41, 5.74) is 0. The molecule has 1 atom stereocenters. The van der Waals surface area contributed by atoms with Crippen LogP contribution in [0.5, 0.6) is 0 Å². The van der Waals surface area contributed by atoms with E-state index in [0.717, 1.165) is 6.54 Å². The molecule has 2 nitrogen and oxygen atoms in total. The lowest BCUT2D eigenvalue weighted by molar-refractivity contribution is 0.223. The van der Waals surface area contributed by atoms with Crippen LogP contribution in [-0.2, 0) is 0 Å². The monoisotopic (exact) mass is 174 g/mol. The van der Waals surface area contributed by atoms with Crippen LogP contribution >= 0.6 is 0 Å². The molecule has 0 aliphatic carbocycles. The minimum atomic E-state index is 0.704. The molecule has 0 saturated carbocycles. The molecular formula is C10H26N2. The zero-order valence-corrected chi connectivity index (χ0v) is 9.89. The molecule has 0 fully saturated rings. The topological polar surface area (TPSA) is 6.48 Å². The Morgan fingerprint density at radius 1 is 1.00 bits per heavy atom. The van der Waals surface area contributed by atoms with Gasteiger partial charge in [0, 0.05) is 12.6 Å². The van der Waals surface area contributed by atoms with Crippen LogP contribution in [0.25, 0.3) is 0 Å². The van der Waals surface area contributed by atoms with E-state index in [1.165, 1.54) is 6.42 Å². The van der Waals surface area contributed by atoms with Crippen LogP contribution in [0.1, 0.15) is 27.2 Å². The third-order valence-corrected chi connectivity index (χ3v) is 1.78. The van der Waals surface area contributed by atoms with Gasteiger partial charge in [-0.25, -0.2) is 0 Å². The molecule has 76 valence electrons. The molecule has 0 bridgehead atoms. The molecule has 0 N–H and O–H groups in total. The van der Waals surface area contributed by atoms with E-state index in [4.69, 9.17) is 0 Å². The lowest BCUT2D eigenvalue weighted by Crippen LogP contribution is -2.36. The first-order valence-corrected chi connectivity index (χ1v) is 4.89. The van der Waals surface area contributed by atoms with Crippen LogP contribution in [0, 0.1) is 0 Å². The standard InChI is InChI=1S/C8H20N2.C2H6/c1-6-8(10(4)5)7-9(2)3;1-2/h8H,6-7H2,1-5H3;1-2H3. The summed E-state index contributed by atoms with van der Waals surface area (Å²) in [4.78, 5) is 4.51. The van der Waals surface area contributed by atoms with Gasteiger partial charge in [0.1, 0.15) is 0 Å². The highest BCUT2D eigenvalue weighted by Crippen LogP contribution is 1.98. The largest absolute Gasteiger partial charge is 0.308 e. The van der Waals surface area contributed by atoms with Gasteiger partial charge in [-0.15, -0.1) is 0 Å². The van der Waals surface area contributed by atoms with Crippen LogP contribution in [0.15, 0.2) is 0 Å². The molecule has 12 heavy (non-hydrogen) atoms. The zero-order chi connectivity index (χ0) is 10.1. The van der Waals surface area contributed by atoms with Gasteiger partial charge in [-0.05, 0) is 34.6 Å². The highest BCUT2D eigenvalue weighted by molar-refractivity contribution is 4.65. The van der Waals surface area contributed by atoms with Crippen LogP contribution in [0.2, 0.25) is 0 Å². The molecular weight excluding hydrogens is 148 g/mol. The lowest BCUT2D eigenvalue weighted by atomic mass is 10.2. The van der Waals surface area contributed by atoms with Crippen LogP contribution in [-0.4, -0.2) is 50.6 Å². The number of rotatable bonds is 4. The Balaban J connectivity index is 0. The van der Waals surface area contributed by atoms with E-state index < -0.39 is 0 Å². The van der Waals surface area contributed by atoms with Gasteiger partial charge in [-0.3, -0.25) is 0 Å². The average molecular weight is 174 g/mol. The van der Waals surface area contributed by atoms with Crippen molar-refractivity contribution < 1.29 is 0 Å². The second-order valence-electron chi connectivity index (χ2n) is 3.29. The average Bonchev–Trinajstić information content (AvgIpc) is 2.03. The Morgan fingerprint density at radius 3 is 1.50 bits per heavy atom. The van der Waals surface area contributed by atoms with Gasteiger partial charge in [0.05, 0.1) is 0 Å². The van der Waals surface area contributed by atoms with Gasteiger partial charge in [0.2, 0.25) is 0 Å². The molecule has 0 aromatic carbocycles. The summed E-state index contributed by atoms with van der Waals surface area (Å²) >= 11 is 0. The smallest absolute Gasteiger partial charge is 0.0214 e. The fraction of sp³-hybridized carbons (Fsp3) is 1.00. The summed E-state index contributed by atoms with van der Waals surface area (Å²) in [6.07, 6.45) is 1.23. The fourth-order valence-corrected chi connectivity index (χ4v) is 1.08. The predicted octanol–water partition coefficient (Wildman–Crippen LogP) is 1.91. The van der Waals surface area contributed by atoms with Gasteiger partial charge < -0.3 is 9.80 Å². The quantitative estimate of drug-likeness (QED) is 0.642. The molecule has 1 unspecified atom stereocenters. The van der Waals surface area contributed by atoms with E-state index in [1.807, 2.05) is 13.8 Å². The Labute approximate surface area is 78.5 Å². The van der Waals surface area contributed by atoms with Crippen LogP contribution < -0.4 is 0 Å². The van der Waals surface area contributed by atoms with Crippen molar-refractivity contribution in [1.82, 2.24) is 9.80 Å². The third-order valence-electron chi connectivity index (χ3n) is 1.78. The number of hydrogen-bond donors (Lipinski definition) is 0. The van der Waals surface area contributed by atoms with Crippen molar-refractivity contribution >= 4 is 0 Å². The molecule has 0 radical (unpaired) electrons. The summed E-state index contributed by atoms with van der Waals surface area (Å²) < 4.78 is 0. The maximum atomic E-state index is 2.28. The molecule has 2 heteroatoms. The van der Waals surface area contributed by atoms with Crippen molar-refractivity contribution in [2.24, 2.45) is 0 Å². The Kier molecular flexibility index (Phi) is 10.8. The summed E-state index contributed by atoms with van der Waals surface area (Å²) in [6, 6.07) is 0.704. The summed E-state index contributed by atoms with van der Waals surface area (Å²) in [6.45, 7) is 7.39. The second kappa shape index (κ2) is 9.01.